The van der Waals surface area contributed by atoms with Crippen molar-refractivity contribution in [3.05, 3.63) is 39.8 Å². The topological polar surface area (TPSA) is 86.0 Å². The highest BCUT2D eigenvalue weighted by atomic mass is 35.5. The molecule has 0 saturated carbocycles. The number of aromatic amines is 1. The number of nitrogens with two attached hydrogens (primary N) is 1. The molecule has 0 amide bonds. The number of halogens is 2. The molecule has 0 aliphatic carbocycles. The third-order valence-electron chi connectivity index (χ3n) is 3.57. The van der Waals surface area contributed by atoms with Crippen molar-refractivity contribution in [3.63, 3.8) is 0 Å². The lowest BCUT2D eigenvalue weighted by Gasteiger charge is -2.12. The molecule has 0 fully saturated rings. The zero-order chi connectivity index (χ0) is 17.3. The van der Waals surface area contributed by atoms with E-state index >= 15 is 0 Å². The Hall–Kier alpha value is -2.44. The number of methoxy groups -OCH3 is 2. The van der Waals surface area contributed by atoms with Gasteiger partial charge in [0.1, 0.15) is 29.3 Å². The van der Waals surface area contributed by atoms with Crippen LogP contribution in [0.4, 0.5) is 5.82 Å². The van der Waals surface area contributed by atoms with Crippen molar-refractivity contribution in [2.75, 3.05) is 20.0 Å². The smallest absolute Gasteiger partial charge is 0.143 e. The Morgan fingerprint density at radius 2 is 1.75 bits per heavy atom. The van der Waals surface area contributed by atoms with Crippen molar-refractivity contribution in [1.82, 2.24) is 15.0 Å². The predicted octanol–water partition coefficient (Wildman–Crippen LogP) is 4.03. The summed E-state index contributed by atoms with van der Waals surface area (Å²) in [6, 6.07) is 1.64. The second kappa shape index (κ2) is 6.59. The number of nitrogen functional groups attached to an aromatic ring is 1. The number of nitrogens with one attached hydrogen (secondary N) is 1. The van der Waals surface area contributed by atoms with E-state index in [2.05, 4.69) is 15.0 Å². The first-order chi connectivity index (χ1) is 11.6. The Labute approximate surface area is 148 Å². The van der Waals surface area contributed by atoms with Crippen LogP contribution in [0.2, 0.25) is 10.0 Å². The minimum Gasteiger partial charge on any atom is -0.495 e. The standard InChI is InChI=1S/C16H14Cl2N4O2/c1-23-10-5-11(24-2)14(18)9(13(10)17)4-3-8-6-20-16-12(8)15(19)21-7-22-16/h3-7H,1-2H3,(H3,19,20,21,22)/b4-3+. The lowest BCUT2D eigenvalue weighted by molar-refractivity contribution is 0.394. The van der Waals surface area contributed by atoms with Gasteiger partial charge < -0.3 is 20.2 Å². The highest BCUT2D eigenvalue weighted by Crippen LogP contribution is 2.41. The van der Waals surface area contributed by atoms with E-state index < -0.39 is 0 Å². The van der Waals surface area contributed by atoms with E-state index in [9.17, 15) is 0 Å². The molecule has 0 radical (unpaired) electrons. The van der Waals surface area contributed by atoms with Crippen molar-refractivity contribution in [1.29, 1.82) is 0 Å². The van der Waals surface area contributed by atoms with Crippen LogP contribution in [0.25, 0.3) is 23.2 Å². The molecule has 2 aromatic heterocycles. The number of ether oxygens (including phenoxy) is 2. The molecule has 0 bridgehead atoms. The van der Waals surface area contributed by atoms with Gasteiger partial charge in [0.05, 0.1) is 29.7 Å². The number of benzene rings is 1. The van der Waals surface area contributed by atoms with E-state index in [4.69, 9.17) is 38.4 Å². The van der Waals surface area contributed by atoms with E-state index in [0.717, 1.165) is 10.9 Å². The molecular formula is C16H14Cl2N4O2. The fourth-order valence-corrected chi connectivity index (χ4v) is 2.99. The lowest BCUT2D eigenvalue weighted by atomic mass is 10.1. The van der Waals surface area contributed by atoms with Crippen LogP contribution in [0.15, 0.2) is 18.6 Å². The second-order valence-electron chi connectivity index (χ2n) is 4.88. The molecule has 0 aliphatic heterocycles. The van der Waals surface area contributed by atoms with Gasteiger partial charge in [-0.15, -0.1) is 0 Å². The van der Waals surface area contributed by atoms with Gasteiger partial charge in [0.25, 0.3) is 0 Å². The predicted molar refractivity (Wildman–Crippen MR) is 96.8 cm³/mol. The van der Waals surface area contributed by atoms with E-state index in [1.807, 2.05) is 6.08 Å². The summed E-state index contributed by atoms with van der Waals surface area (Å²) < 4.78 is 10.5. The van der Waals surface area contributed by atoms with Gasteiger partial charge in [-0.3, -0.25) is 0 Å². The third kappa shape index (κ3) is 2.74. The number of anilines is 1. The molecule has 0 aliphatic rings. The van der Waals surface area contributed by atoms with Crippen molar-refractivity contribution in [3.8, 4) is 11.5 Å². The summed E-state index contributed by atoms with van der Waals surface area (Å²) in [4.78, 5) is 11.2. The van der Waals surface area contributed by atoms with Gasteiger partial charge in [-0.2, -0.15) is 0 Å². The van der Waals surface area contributed by atoms with Gasteiger partial charge in [0.15, 0.2) is 0 Å². The van der Waals surface area contributed by atoms with Gasteiger partial charge in [-0.05, 0) is 0 Å². The first kappa shape index (κ1) is 16.4. The number of hydrogen-bond acceptors (Lipinski definition) is 5. The first-order valence-corrected chi connectivity index (χ1v) is 7.68. The van der Waals surface area contributed by atoms with Crippen LogP contribution >= 0.6 is 23.2 Å². The van der Waals surface area contributed by atoms with Gasteiger partial charge >= 0.3 is 0 Å². The summed E-state index contributed by atoms with van der Waals surface area (Å²) in [5.74, 6) is 1.33. The molecule has 124 valence electrons. The normalized spacial score (nSPS) is 11.3. The maximum Gasteiger partial charge on any atom is 0.143 e. The SMILES string of the molecule is COc1cc(OC)c(Cl)c(/C=C/c2c[nH]c3ncnc(N)c23)c1Cl. The summed E-state index contributed by atoms with van der Waals surface area (Å²) in [6.45, 7) is 0. The van der Waals surface area contributed by atoms with Gasteiger partial charge in [-0.1, -0.05) is 35.4 Å². The van der Waals surface area contributed by atoms with Crippen molar-refractivity contribution in [2.24, 2.45) is 0 Å². The van der Waals surface area contributed by atoms with Crippen LogP contribution in [-0.2, 0) is 0 Å². The van der Waals surface area contributed by atoms with E-state index in [-0.39, 0.29) is 0 Å². The van der Waals surface area contributed by atoms with Crippen LogP contribution < -0.4 is 15.2 Å². The molecule has 6 nitrogen and oxygen atoms in total. The van der Waals surface area contributed by atoms with E-state index in [0.29, 0.717) is 38.6 Å². The Morgan fingerprint density at radius 3 is 2.38 bits per heavy atom. The Morgan fingerprint density at radius 1 is 1.08 bits per heavy atom. The van der Waals surface area contributed by atoms with Crippen LogP contribution in [0, 0.1) is 0 Å². The molecule has 3 N–H and O–H groups in total. The molecule has 3 rings (SSSR count). The number of rotatable bonds is 4. The fourth-order valence-electron chi connectivity index (χ4n) is 2.37. The minimum atomic E-state index is 0.390. The molecule has 2 heterocycles. The average Bonchev–Trinajstić information content (AvgIpc) is 3.00. The molecule has 0 atom stereocenters. The average molecular weight is 365 g/mol. The summed E-state index contributed by atoms with van der Waals surface area (Å²) in [6.07, 6.45) is 6.78. The van der Waals surface area contributed by atoms with Gasteiger partial charge in [0.2, 0.25) is 0 Å². The van der Waals surface area contributed by atoms with E-state index in [1.165, 1.54) is 20.5 Å². The lowest BCUT2D eigenvalue weighted by Crippen LogP contribution is -1.93. The van der Waals surface area contributed by atoms with Crippen LogP contribution in [-0.4, -0.2) is 29.2 Å². The number of H-pyrrole nitrogens is 1. The molecule has 0 spiro atoms. The highest BCUT2D eigenvalue weighted by Gasteiger charge is 2.15. The molecule has 0 unspecified atom stereocenters. The minimum absolute atomic E-state index is 0.390. The summed E-state index contributed by atoms with van der Waals surface area (Å²) in [7, 11) is 3.06. The number of hydrogen-bond donors (Lipinski definition) is 2. The maximum absolute atomic E-state index is 6.36. The van der Waals surface area contributed by atoms with E-state index in [1.54, 1.807) is 18.3 Å². The molecule has 1 aromatic carbocycles. The van der Waals surface area contributed by atoms with Gasteiger partial charge in [-0.25, -0.2) is 9.97 Å². The summed E-state index contributed by atoms with van der Waals surface area (Å²) in [5.41, 5.74) is 7.98. The largest absolute Gasteiger partial charge is 0.495 e. The Kier molecular flexibility index (Phi) is 4.51. The van der Waals surface area contributed by atoms with Crippen LogP contribution in [0.3, 0.4) is 0 Å². The summed E-state index contributed by atoms with van der Waals surface area (Å²) in [5, 5.41) is 1.52. The third-order valence-corrected chi connectivity index (χ3v) is 4.35. The molecule has 0 saturated heterocycles. The van der Waals surface area contributed by atoms with Crippen molar-refractivity contribution < 1.29 is 9.47 Å². The quantitative estimate of drug-likeness (QED) is 0.729. The zero-order valence-corrected chi connectivity index (χ0v) is 14.4. The molecular weight excluding hydrogens is 351 g/mol. The Balaban J connectivity index is 2.12. The number of fused-ring (bicyclic) bond motifs is 1. The molecule has 3 aromatic rings. The number of nitrogens with zero attached hydrogens (tertiary/aromatic N) is 2. The van der Waals surface area contributed by atoms with Crippen LogP contribution in [0.5, 0.6) is 11.5 Å². The monoisotopic (exact) mass is 364 g/mol. The van der Waals surface area contributed by atoms with Crippen molar-refractivity contribution in [2.45, 2.75) is 0 Å². The molecule has 24 heavy (non-hydrogen) atoms. The van der Waals surface area contributed by atoms with Gasteiger partial charge in [0, 0.05) is 23.4 Å². The number of aromatic nitrogens is 3. The second-order valence-corrected chi connectivity index (χ2v) is 5.64. The first-order valence-electron chi connectivity index (χ1n) is 6.92. The van der Waals surface area contributed by atoms with Crippen molar-refractivity contribution >= 4 is 52.2 Å². The zero-order valence-electron chi connectivity index (χ0n) is 12.9. The highest BCUT2D eigenvalue weighted by molar-refractivity contribution is 6.39. The fraction of sp³-hybridized carbons (Fsp3) is 0.125. The maximum atomic E-state index is 6.36. The summed E-state index contributed by atoms with van der Waals surface area (Å²) >= 11 is 12.7. The van der Waals surface area contributed by atoms with Crippen LogP contribution in [0.1, 0.15) is 11.1 Å². The Bertz CT molecular complexity index is 909. The molecule has 8 heteroatoms.